The minimum atomic E-state index is -3.84. The molecule has 0 aliphatic carbocycles. The quantitative estimate of drug-likeness (QED) is 0.339. The number of fused-ring (bicyclic) bond motifs is 1. The van der Waals surface area contributed by atoms with Gasteiger partial charge >= 0.3 is 0 Å². The molecule has 0 aliphatic rings. The van der Waals surface area contributed by atoms with Gasteiger partial charge in [0.25, 0.3) is 5.91 Å². The van der Waals surface area contributed by atoms with E-state index >= 15 is 0 Å². The Balaban J connectivity index is 1.44. The third kappa shape index (κ3) is 5.61. The lowest BCUT2D eigenvalue weighted by Crippen LogP contribution is -2.23. The number of carbonyl (C=O) groups excluding carboxylic acids is 1. The average molecular weight is 529 g/mol. The largest absolute Gasteiger partial charge is 0.348 e. The molecule has 0 aliphatic heterocycles. The second-order valence-corrected chi connectivity index (χ2v) is 10.4. The molecule has 5 rings (SSSR count). The Morgan fingerprint density at radius 3 is 2.63 bits per heavy atom. The Kier molecular flexibility index (Phi) is 6.72. The van der Waals surface area contributed by atoms with Crippen molar-refractivity contribution in [2.45, 2.75) is 17.2 Å². The number of imidazole rings is 1. The van der Waals surface area contributed by atoms with Crippen LogP contribution in [0.15, 0.2) is 84.4 Å². The zero-order valence-corrected chi connectivity index (χ0v) is 21.0. The Morgan fingerprint density at radius 1 is 1.05 bits per heavy atom. The molecule has 38 heavy (non-hydrogen) atoms. The summed E-state index contributed by atoms with van der Waals surface area (Å²) < 4.78 is 43.1. The highest BCUT2D eigenvalue weighted by atomic mass is 32.2. The molecule has 0 bridgehead atoms. The summed E-state index contributed by atoms with van der Waals surface area (Å²) in [4.78, 5) is 21.2. The van der Waals surface area contributed by atoms with Crippen molar-refractivity contribution in [2.24, 2.45) is 7.05 Å². The van der Waals surface area contributed by atoms with Crippen molar-refractivity contribution in [1.29, 1.82) is 0 Å². The molecule has 0 fully saturated rings. The van der Waals surface area contributed by atoms with E-state index in [-0.39, 0.29) is 28.3 Å². The zero-order chi connectivity index (χ0) is 26.7. The van der Waals surface area contributed by atoms with Crippen LogP contribution in [0.1, 0.15) is 32.7 Å². The first-order valence-corrected chi connectivity index (χ1v) is 13.1. The van der Waals surface area contributed by atoms with Gasteiger partial charge in [-0.25, -0.2) is 22.8 Å². The van der Waals surface area contributed by atoms with Gasteiger partial charge in [-0.15, -0.1) is 0 Å². The number of aromatic nitrogens is 5. The molecule has 9 nitrogen and oxygen atoms in total. The van der Waals surface area contributed by atoms with Crippen LogP contribution in [0, 0.1) is 17.7 Å². The van der Waals surface area contributed by atoms with Crippen LogP contribution >= 0.6 is 0 Å². The van der Waals surface area contributed by atoms with Crippen molar-refractivity contribution in [2.75, 3.05) is 0 Å². The van der Waals surface area contributed by atoms with Crippen molar-refractivity contribution in [3.05, 3.63) is 113 Å². The lowest BCUT2D eigenvalue weighted by molar-refractivity contribution is 0.0950. The molecule has 3 aromatic heterocycles. The van der Waals surface area contributed by atoms with Gasteiger partial charge < -0.3 is 5.32 Å². The Labute approximate surface area is 217 Å². The normalized spacial score (nSPS) is 11.2. The topological polar surface area (TPSA) is 111 Å². The molecule has 3 heterocycles. The first kappa shape index (κ1) is 24.9. The number of amides is 1. The number of carbonyl (C=O) groups is 1. The summed E-state index contributed by atoms with van der Waals surface area (Å²) in [6, 6.07) is 11.4. The van der Waals surface area contributed by atoms with Crippen molar-refractivity contribution >= 4 is 21.5 Å². The lowest BCUT2D eigenvalue weighted by atomic mass is 10.1. The van der Waals surface area contributed by atoms with Crippen LogP contribution in [0.4, 0.5) is 4.39 Å². The molecular formula is C27H21FN6O3S. The number of hydrogen-bond acceptors (Lipinski definition) is 6. The minimum Gasteiger partial charge on any atom is -0.348 e. The number of rotatable bonds is 6. The fourth-order valence-corrected chi connectivity index (χ4v) is 5.18. The van der Waals surface area contributed by atoms with Gasteiger partial charge in [-0.2, -0.15) is 5.10 Å². The first-order valence-electron chi connectivity index (χ1n) is 11.5. The molecule has 11 heteroatoms. The monoisotopic (exact) mass is 528 g/mol. The third-order valence-corrected chi connectivity index (χ3v) is 7.32. The van der Waals surface area contributed by atoms with Crippen LogP contribution in [-0.2, 0) is 29.2 Å². The van der Waals surface area contributed by atoms with Gasteiger partial charge in [0.15, 0.2) is 9.84 Å². The molecule has 5 aromatic rings. The number of nitrogens with one attached hydrogen (secondary N) is 1. The maximum absolute atomic E-state index is 13.3. The second kappa shape index (κ2) is 10.3. The third-order valence-electron chi connectivity index (χ3n) is 5.62. The van der Waals surface area contributed by atoms with Gasteiger partial charge in [0.05, 0.1) is 16.3 Å². The smallest absolute Gasteiger partial charge is 0.251 e. The van der Waals surface area contributed by atoms with Gasteiger partial charge in [0, 0.05) is 66.8 Å². The summed E-state index contributed by atoms with van der Waals surface area (Å²) in [5, 5.41) is 6.97. The van der Waals surface area contributed by atoms with E-state index in [2.05, 4.69) is 32.2 Å². The van der Waals surface area contributed by atoms with Gasteiger partial charge in [0.1, 0.15) is 5.82 Å². The Hall–Kier alpha value is -4.82. The van der Waals surface area contributed by atoms with Crippen molar-refractivity contribution in [3.63, 3.8) is 0 Å². The van der Waals surface area contributed by atoms with E-state index < -0.39 is 21.6 Å². The number of aryl methyl sites for hydroxylation is 1. The highest BCUT2D eigenvalue weighted by molar-refractivity contribution is 7.90. The summed E-state index contributed by atoms with van der Waals surface area (Å²) in [5.74, 6) is 5.12. The summed E-state index contributed by atoms with van der Waals surface area (Å²) in [6.07, 6.45) is 8.47. The molecule has 0 radical (unpaired) electrons. The molecule has 0 saturated heterocycles. The number of halogens is 1. The molecule has 2 aromatic carbocycles. The van der Waals surface area contributed by atoms with Gasteiger partial charge in [-0.1, -0.05) is 11.8 Å². The SMILES string of the molecule is Cn1ccc(CS(=O)(=O)c2ccc(C(=O)NCc3cnc4nccn4c3)cc2C#Cc2ccc(F)cc2)n1. The summed E-state index contributed by atoms with van der Waals surface area (Å²) in [7, 11) is -2.14. The van der Waals surface area contributed by atoms with E-state index in [1.54, 1.807) is 42.3 Å². The van der Waals surface area contributed by atoms with Crippen LogP contribution in [-0.4, -0.2) is 38.5 Å². The standard InChI is InChI=1S/C27H21FN6O3S/c1-33-12-10-24(32-33)18-38(36,37)25-9-6-22(14-21(25)5-2-19-3-7-23(28)8-4-19)26(35)30-15-20-16-31-27-29-11-13-34(27)17-20/h3-4,6-14,16-17H,15,18H2,1H3,(H,30,35). The molecule has 0 unspecified atom stereocenters. The average Bonchev–Trinajstić information content (AvgIpc) is 3.54. The van der Waals surface area contributed by atoms with Crippen molar-refractivity contribution in [1.82, 2.24) is 29.5 Å². The number of hydrogen-bond donors (Lipinski definition) is 1. The molecular weight excluding hydrogens is 507 g/mol. The minimum absolute atomic E-state index is 0.0240. The van der Waals surface area contributed by atoms with E-state index in [1.807, 2.05) is 6.20 Å². The Morgan fingerprint density at radius 2 is 1.87 bits per heavy atom. The first-order chi connectivity index (χ1) is 18.3. The Bertz CT molecular complexity index is 1810. The maximum atomic E-state index is 13.3. The highest BCUT2D eigenvalue weighted by Gasteiger charge is 2.22. The predicted molar refractivity (Wildman–Crippen MR) is 137 cm³/mol. The summed E-state index contributed by atoms with van der Waals surface area (Å²) in [5.41, 5.74) is 2.03. The van der Waals surface area contributed by atoms with E-state index in [9.17, 15) is 17.6 Å². The fourth-order valence-electron chi connectivity index (χ4n) is 3.76. The van der Waals surface area contributed by atoms with Crippen LogP contribution in [0.2, 0.25) is 0 Å². The summed E-state index contributed by atoms with van der Waals surface area (Å²) in [6.45, 7) is 0.205. The van der Waals surface area contributed by atoms with Crippen LogP contribution in [0.3, 0.4) is 0 Å². The van der Waals surface area contributed by atoms with Crippen molar-refractivity contribution in [3.8, 4) is 11.8 Å². The van der Waals surface area contributed by atoms with Crippen LogP contribution in [0.5, 0.6) is 0 Å². The molecule has 0 saturated carbocycles. The van der Waals surface area contributed by atoms with E-state index in [4.69, 9.17) is 0 Å². The fraction of sp³-hybridized carbons (Fsp3) is 0.111. The van der Waals surface area contributed by atoms with Gasteiger partial charge in [-0.3, -0.25) is 13.9 Å². The molecule has 0 spiro atoms. The van der Waals surface area contributed by atoms with Crippen molar-refractivity contribution < 1.29 is 17.6 Å². The van der Waals surface area contributed by atoms with E-state index in [1.165, 1.54) is 47.1 Å². The summed E-state index contributed by atoms with van der Waals surface area (Å²) >= 11 is 0. The number of nitrogens with zero attached hydrogens (tertiary/aromatic N) is 5. The highest BCUT2D eigenvalue weighted by Crippen LogP contribution is 2.22. The van der Waals surface area contributed by atoms with E-state index in [0.717, 1.165) is 5.56 Å². The lowest BCUT2D eigenvalue weighted by Gasteiger charge is -2.10. The molecule has 190 valence electrons. The van der Waals surface area contributed by atoms with Gasteiger partial charge in [0.2, 0.25) is 5.78 Å². The van der Waals surface area contributed by atoms with Crippen LogP contribution < -0.4 is 5.32 Å². The van der Waals surface area contributed by atoms with Crippen LogP contribution in [0.25, 0.3) is 5.78 Å². The molecule has 1 N–H and O–H groups in total. The number of sulfone groups is 1. The maximum Gasteiger partial charge on any atom is 0.251 e. The molecule has 0 atom stereocenters. The predicted octanol–water partition coefficient (Wildman–Crippen LogP) is 2.91. The second-order valence-electron chi connectivity index (χ2n) is 8.49. The van der Waals surface area contributed by atoms with Gasteiger partial charge in [-0.05, 0) is 48.5 Å². The number of benzene rings is 2. The van der Waals surface area contributed by atoms with E-state index in [0.29, 0.717) is 17.0 Å². The zero-order valence-electron chi connectivity index (χ0n) is 20.2. The molecule has 1 amide bonds.